The summed E-state index contributed by atoms with van der Waals surface area (Å²) in [7, 11) is 0. The minimum absolute atomic E-state index is 0.769. The Morgan fingerprint density at radius 3 is 2.48 bits per heavy atom. The van der Waals surface area contributed by atoms with Crippen molar-refractivity contribution in [3.8, 4) is 0 Å². The first-order valence-corrected chi connectivity index (χ1v) is 11.7. The van der Waals surface area contributed by atoms with Gasteiger partial charge in [-0.15, -0.1) is 10.2 Å². The summed E-state index contributed by atoms with van der Waals surface area (Å²) >= 11 is 0. The van der Waals surface area contributed by atoms with E-state index in [-0.39, 0.29) is 0 Å². The lowest BCUT2D eigenvalue weighted by Gasteiger charge is -2.40. The number of nitrogens with zero attached hydrogens (tertiary/aromatic N) is 5. The molecule has 0 unspecified atom stereocenters. The molecule has 2 aliphatic heterocycles. The van der Waals surface area contributed by atoms with Gasteiger partial charge in [-0.1, -0.05) is 31.2 Å². The van der Waals surface area contributed by atoms with Crippen molar-refractivity contribution in [2.75, 3.05) is 26.2 Å². The van der Waals surface area contributed by atoms with E-state index in [2.05, 4.69) is 55.8 Å². The Bertz CT molecular complexity index is 799. The third kappa shape index (κ3) is 4.26. The van der Waals surface area contributed by atoms with Crippen LogP contribution >= 0.6 is 0 Å². The van der Waals surface area contributed by atoms with Crippen molar-refractivity contribution < 1.29 is 0 Å². The fourth-order valence-electron chi connectivity index (χ4n) is 5.45. The molecule has 3 heterocycles. The maximum atomic E-state index is 4.45. The van der Waals surface area contributed by atoms with Gasteiger partial charge in [0.25, 0.3) is 0 Å². The molecule has 0 radical (unpaired) electrons. The van der Waals surface area contributed by atoms with Gasteiger partial charge in [0.15, 0.2) is 0 Å². The van der Waals surface area contributed by atoms with Crippen LogP contribution in [0.25, 0.3) is 0 Å². The molecule has 0 spiro atoms. The number of aryl methyl sites for hydroxylation is 1. The molecule has 1 aromatic heterocycles. The van der Waals surface area contributed by atoms with E-state index in [0.717, 1.165) is 50.9 Å². The normalized spacial score (nSPS) is 25.1. The zero-order valence-corrected chi connectivity index (χ0v) is 17.9. The van der Waals surface area contributed by atoms with Crippen molar-refractivity contribution in [3.63, 3.8) is 0 Å². The summed E-state index contributed by atoms with van der Waals surface area (Å²) < 4.78 is 2.35. The van der Waals surface area contributed by atoms with Crippen LogP contribution in [-0.4, -0.2) is 50.7 Å². The van der Waals surface area contributed by atoms with Crippen molar-refractivity contribution in [3.05, 3.63) is 47.0 Å². The molecular formula is C24H35N5. The second-order valence-electron chi connectivity index (χ2n) is 9.43. The lowest BCUT2D eigenvalue weighted by molar-refractivity contribution is 0.132. The predicted octanol–water partition coefficient (Wildman–Crippen LogP) is 3.84. The fraction of sp³-hybridized carbons (Fsp3) is 0.667. The number of aromatic nitrogens is 3. The molecule has 0 bridgehead atoms. The quantitative estimate of drug-likeness (QED) is 0.716. The summed E-state index contributed by atoms with van der Waals surface area (Å²) in [4.78, 5) is 5.18. The van der Waals surface area contributed by atoms with Crippen LogP contribution in [0.1, 0.15) is 67.7 Å². The van der Waals surface area contributed by atoms with Gasteiger partial charge in [-0.25, -0.2) is 0 Å². The molecule has 1 saturated carbocycles. The zero-order chi connectivity index (χ0) is 19.6. The van der Waals surface area contributed by atoms with Crippen LogP contribution in [0.2, 0.25) is 0 Å². The Hall–Kier alpha value is -1.72. The van der Waals surface area contributed by atoms with Crippen molar-refractivity contribution in [1.29, 1.82) is 0 Å². The number of hydrogen-bond acceptors (Lipinski definition) is 4. The summed E-state index contributed by atoms with van der Waals surface area (Å²) in [6.45, 7) is 10.3. The Labute approximate surface area is 175 Å². The van der Waals surface area contributed by atoms with E-state index in [1.54, 1.807) is 5.56 Å². The van der Waals surface area contributed by atoms with E-state index in [4.69, 9.17) is 0 Å². The first-order chi connectivity index (χ1) is 14.3. The van der Waals surface area contributed by atoms with Crippen LogP contribution in [0.15, 0.2) is 24.3 Å². The van der Waals surface area contributed by atoms with Gasteiger partial charge in [0.05, 0.1) is 6.54 Å². The second kappa shape index (κ2) is 8.57. The summed E-state index contributed by atoms with van der Waals surface area (Å²) in [6.07, 6.45) is 7.62. The van der Waals surface area contributed by atoms with Gasteiger partial charge in [0.1, 0.15) is 11.6 Å². The van der Waals surface area contributed by atoms with E-state index in [9.17, 15) is 0 Å². The average Bonchev–Trinajstić information content (AvgIpc) is 3.36. The van der Waals surface area contributed by atoms with Crippen molar-refractivity contribution in [1.82, 2.24) is 24.6 Å². The largest absolute Gasteiger partial charge is 0.313 e. The monoisotopic (exact) mass is 393 g/mol. The van der Waals surface area contributed by atoms with E-state index >= 15 is 0 Å². The van der Waals surface area contributed by atoms with Crippen LogP contribution in [0.4, 0.5) is 0 Å². The third-order valence-electron chi connectivity index (χ3n) is 7.19. The van der Waals surface area contributed by atoms with Crippen LogP contribution in [0, 0.1) is 5.92 Å². The molecule has 2 aromatic rings. The van der Waals surface area contributed by atoms with Gasteiger partial charge < -0.3 is 4.57 Å². The topological polar surface area (TPSA) is 37.2 Å². The summed E-state index contributed by atoms with van der Waals surface area (Å²) in [5, 5.41) is 8.86. The third-order valence-corrected chi connectivity index (χ3v) is 7.19. The number of likely N-dealkylation sites (tertiary alicyclic amines) is 1. The van der Waals surface area contributed by atoms with E-state index in [0.29, 0.717) is 0 Å². The maximum Gasteiger partial charge on any atom is 0.147 e. The standard InChI is InChI=1S/C24H35N5/c1-2-5-23-25-26-24-18-28(12-13-29(23)24)17-20-14-22(15-20)21-8-6-19(7-9-21)16-27-10-3-4-11-27/h6-9,20,22H,2-5,10-18H2,1H3/t20-,22-. The van der Waals surface area contributed by atoms with E-state index in [1.807, 2.05) is 0 Å². The first-order valence-electron chi connectivity index (χ1n) is 11.7. The molecule has 0 amide bonds. The molecule has 156 valence electrons. The fourth-order valence-corrected chi connectivity index (χ4v) is 5.45. The lowest BCUT2D eigenvalue weighted by Crippen LogP contribution is -2.40. The molecule has 2 fully saturated rings. The van der Waals surface area contributed by atoms with Crippen LogP contribution < -0.4 is 0 Å². The molecule has 1 aliphatic carbocycles. The zero-order valence-electron chi connectivity index (χ0n) is 17.9. The number of fused-ring (bicyclic) bond motifs is 1. The highest BCUT2D eigenvalue weighted by atomic mass is 15.3. The van der Waals surface area contributed by atoms with Gasteiger partial charge in [-0.05, 0) is 68.2 Å². The van der Waals surface area contributed by atoms with Crippen molar-refractivity contribution >= 4 is 0 Å². The average molecular weight is 394 g/mol. The molecule has 1 saturated heterocycles. The molecule has 5 heteroatoms. The Balaban J connectivity index is 1.09. The van der Waals surface area contributed by atoms with Gasteiger partial charge in [-0.2, -0.15) is 0 Å². The second-order valence-corrected chi connectivity index (χ2v) is 9.43. The molecule has 3 aliphatic rings. The minimum Gasteiger partial charge on any atom is -0.313 e. The Morgan fingerprint density at radius 2 is 1.72 bits per heavy atom. The van der Waals surface area contributed by atoms with E-state index < -0.39 is 0 Å². The van der Waals surface area contributed by atoms with Gasteiger partial charge >= 0.3 is 0 Å². The summed E-state index contributed by atoms with van der Waals surface area (Å²) in [5.74, 6) is 3.96. The minimum atomic E-state index is 0.769. The number of hydrogen-bond donors (Lipinski definition) is 0. The Kier molecular flexibility index (Phi) is 5.69. The molecule has 1 aromatic carbocycles. The van der Waals surface area contributed by atoms with Gasteiger partial charge in [-0.3, -0.25) is 9.80 Å². The summed E-state index contributed by atoms with van der Waals surface area (Å²) in [6, 6.07) is 9.52. The van der Waals surface area contributed by atoms with Crippen molar-refractivity contribution in [2.45, 2.75) is 71.0 Å². The molecule has 5 rings (SSSR count). The van der Waals surface area contributed by atoms with Gasteiger partial charge in [0, 0.05) is 32.6 Å². The molecule has 29 heavy (non-hydrogen) atoms. The molecule has 0 N–H and O–H groups in total. The number of rotatable bonds is 7. The maximum absolute atomic E-state index is 4.45. The Morgan fingerprint density at radius 1 is 0.931 bits per heavy atom. The van der Waals surface area contributed by atoms with Crippen LogP contribution in [0.3, 0.4) is 0 Å². The highest BCUT2D eigenvalue weighted by Crippen LogP contribution is 2.42. The van der Waals surface area contributed by atoms with Crippen molar-refractivity contribution in [2.24, 2.45) is 5.92 Å². The predicted molar refractivity (Wildman–Crippen MR) is 116 cm³/mol. The molecule has 0 atom stereocenters. The van der Waals surface area contributed by atoms with Crippen LogP contribution in [0.5, 0.6) is 0 Å². The van der Waals surface area contributed by atoms with Gasteiger partial charge in [0.2, 0.25) is 0 Å². The SMILES string of the molecule is CCCc1nnc2n1CCN(C[C@H]1C[C@H](c3ccc(CN4CCCC4)cc3)C1)C2. The highest BCUT2D eigenvalue weighted by Gasteiger charge is 2.32. The highest BCUT2D eigenvalue weighted by molar-refractivity contribution is 5.27. The smallest absolute Gasteiger partial charge is 0.147 e. The lowest BCUT2D eigenvalue weighted by atomic mass is 9.71. The van der Waals surface area contributed by atoms with Crippen LogP contribution in [-0.2, 0) is 26.1 Å². The first kappa shape index (κ1) is 19.3. The molecular weight excluding hydrogens is 358 g/mol. The number of benzene rings is 1. The summed E-state index contributed by atoms with van der Waals surface area (Å²) in [5.41, 5.74) is 3.03. The van der Waals surface area contributed by atoms with E-state index in [1.165, 1.54) is 62.5 Å². The molecule has 5 nitrogen and oxygen atoms in total.